The molecule has 2 rings (SSSR count). The van der Waals surface area contributed by atoms with Gasteiger partial charge in [-0.3, -0.25) is 14.4 Å². The Bertz CT molecular complexity index is 854. The van der Waals surface area contributed by atoms with Crippen LogP contribution in [-0.4, -0.2) is 23.3 Å². The molecule has 0 aliphatic carbocycles. The largest absolute Gasteiger partial charge is 0.352 e. The molecular formula is C20H23N3O3. The Morgan fingerprint density at radius 1 is 1.12 bits per heavy atom. The summed E-state index contributed by atoms with van der Waals surface area (Å²) in [5.41, 5.74) is 2.90. The number of carbonyl (C=O) groups is 2. The maximum Gasteiger partial charge on any atom is 0.253 e. The molecule has 0 spiro atoms. The van der Waals surface area contributed by atoms with E-state index in [1.54, 1.807) is 6.08 Å². The number of hydrogen-bond donors (Lipinski definition) is 3. The second kappa shape index (κ2) is 9.36. The van der Waals surface area contributed by atoms with E-state index >= 15 is 0 Å². The molecule has 0 atom stereocenters. The van der Waals surface area contributed by atoms with Crippen molar-refractivity contribution in [3.05, 3.63) is 75.2 Å². The fourth-order valence-corrected chi connectivity index (χ4v) is 2.47. The summed E-state index contributed by atoms with van der Waals surface area (Å²) in [6.07, 6.45) is 3.29. The van der Waals surface area contributed by atoms with Crippen molar-refractivity contribution < 1.29 is 9.59 Å². The molecule has 1 aromatic carbocycles. The number of rotatable bonds is 7. The van der Waals surface area contributed by atoms with Gasteiger partial charge in [0.15, 0.2) is 0 Å². The van der Waals surface area contributed by atoms with Crippen molar-refractivity contribution in [2.24, 2.45) is 0 Å². The highest BCUT2D eigenvalue weighted by Gasteiger charge is 2.07. The average Bonchev–Trinajstić information content (AvgIpc) is 2.60. The lowest BCUT2D eigenvalue weighted by Gasteiger charge is -2.08. The van der Waals surface area contributed by atoms with Crippen LogP contribution in [0.4, 0.5) is 0 Å². The van der Waals surface area contributed by atoms with Gasteiger partial charge in [-0.15, -0.1) is 0 Å². The Balaban J connectivity index is 1.73. The van der Waals surface area contributed by atoms with Crippen LogP contribution >= 0.6 is 0 Å². The van der Waals surface area contributed by atoms with Gasteiger partial charge < -0.3 is 15.6 Å². The van der Waals surface area contributed by atoms with Crippen LogP contribution in [0.1, 0.15) is 28.8 Å². The highest BCUT2D eigenvalue weighted by Crippen LogP contribution is 2.03. The first-order valence-corrected chi connectivity index (χ1v) is 8.43. The third kappa shape index (κ3) is 6.05. The monoisotopic (exact) mass is 353 g/mol. The number of aryl methyl sites for hydroxylation is 2. The lowest BCUT2D eigenvalue weighted by Crippen LogP contribution is -2.31. The van der Waals surface area contributed by atoms with Gasteiger partial charge in [0.05, 0.1) is 0 Å². The summed E-state index contributed by atoms with van der Waals surface area (Å²) < 4.78 is 0. The van der Waals surface area contributed by atoms with Gasteiger partial charge in [0.2, 0.25) is 11.8 Å². The Morgan fingerprint density at radius 2 is 1.85 bits per heavy atom. The molecule has 0 aliphatic rings. The number of pyridine rings is 1. The van der Waals surface area contributed by atoms with Gasteiger partial charge >= 0.3 is 0 Å². The van der Waals surface area contributed by atoms with E-state index < -0.39 is 0 Å². The molecule has 136 valence electrons. The average molecular weight is 353 g/mol. The second-order valence-corrected chi connectivity index (χ2v) is 6.00. The predicted molar refractivity (Wildman–Crippen MR) is 101 cm³/mol. The van der Waals surface area contributed by atoms with E-state index in [0.717, 1.165) is 16.8 Å². The van der Waals surface area contributed by atoms with E-state index in [0.29, 0.717) is 5.56 Å². The second-order valence-electron chi connectivity index (χ2n) is 6.00. The lowest BCUT2D eigenvalue weighted by molar-refractivity contribution is -0.121. The van der Waals surface area contributed by atoms with Gasteiger partial charge in [-0.2, -0.15) is 0 Å². The molecular weight excluding hydrogens is 330 g/mol. The molecule has 0 fully saturated rings. The van der Waals surface area contributed by atoms with E-state index in [2.05, 4.69) is 15.6 Å². The zero-order valence-corrected chi connectivity index (χ0v) is 15.0. The lowest BCUT2D eigenvalue weighted by atomic mass is 10.1. The molecule has 6 nitrogen and oxygen atoms in total. The quantitative estimate of drug-likeness (QED) is 0.663. The molecule has 2 aromatic rings. The van der Waals surface area contributed by atoms with Crippen molar-refractivity contribution in [2.75, 3.05) is 6.54 Å². The van der Waals surface area contributed by atoms with Gasteiger partial charge in [0.1, 0.15) is 0 Å². The standard InChI is InChI=1S/C20H23N3O3/c1-14-12-15(2)23-20(26)17(14)13-22-19(25)10-11-21-18(24)9-8-16-6-4-3-5-7-16/h3-9,12H,10-11,13H2,1-2H3,(H,21,24)(H,22,25)(H,23,26). The molecule has 2 amide bonds. The van der Waals surface area contributed by atoms with Crippen molar-refractivity contribution in [2.45, 2.75) is 26.8 Å². The third-order valence-electron chi connectivity index (χ3n) is 3.83. The zero-order chi connectivity index (χ0) is 18.9. The van der Waals surface area contributed by atoms with Gasteiger partial charge in [0, 0.05) is 36.8 Å². The number of carbonyl (C=O) groups excluding carboxylic acids is 2. The predicted octanol–water partition coefficient (Wildman–Crippen LogP) is 1.83. The van der Waals surface area contributed by atoms with Crippen LogP contribution in [0.15, 0.2) is 47.3 Å². The Kier molecular flexibility index (Phi) is 6.91. The van der Waals surface area contributed by atoms with Gasteiger partial charge in [-0.05, 0) is 37.1 Å². The van der Waals surface area contributed by atoms with Crippen LogP contribution < -0.4 is 16.2 Å². The molecule has 0 saturated heterocycles. The van der Waals surface area contributed by atoms with E-state index in [1.807, 2.05) is 50.2 Å². The van der Waals surface area contributed by atoms with Crippen LogP contribution in [0, 0.1) is 13.8 Å². The summed E-state index contributed by atoms with van der Waals surface area (Å²) in [5.74, 6) is -0.482. The first kappa shape index (κ1) is 19.2. The maximum atomic E-state index is 11.9. The van der Waals surface area contributed by atoms with Gasteiger partial charge in [0.25, 0.3) is 5.56 Å². The molecule has 0 bridgehead atoms. The Labute approximate surface area is 152 Å². The van der Waals surface area contributed by atoms with Crippen molar-refractivity contribution in [1.82, 2.24) is 15.6 Å². The van der Waals surface area contributed by atoms with Crippen molar-refractivity contribution in [1.29, 1.82) is 0 Å². The zero-order valence-electron chi connectivity index (χ0n) is 15.0. The number of nitrogens with one attached hydrogen (secondary N) is 3. The number of aromatic amines is 1. The molecule has 1 heterocycles. The van der Waals surface area contributed by atoms with Crippen LogP contribution in [0.25, 0.3) is 6.08 Å². The number of amides is 2. The Hall–Kier alpha value is -3.15. The van der Waals surface area contributed by atoms with Crippen LogP contribution in [0.5, 0.6) is 0 Å². The maximum absolute atomic E-state index is 11.9. The molecule has 6 heteroatoms. The minimum atomic E-state index is -0.257. The molecule has 0 saturated carbocycles. The summed E-state index contributed by atoms with van der Waals surface area (Å²) in [6, 6.07) is 11.3. The highest BCUT2D eigenvalue weighted by atomic mass is 16.2. The van der Waals surface area contributed by atoms with Gasteiger partial charge in [-0.25, -0.2) is 0 Å². The van der Waals surface area contributed by atoms with E-state index in [9.17, 15) is 14.4 Å². The van der Waals surface area contributed by atoms with Crippen LogP contribution in [0.2, 0.25) is 0 Å². The third-order valence-corrected chi connectivity index (χ3v) is 3.83. The summed E-state index contributed by atoms with van der Waals surface area (Å²) >= 11 is 0. The first-order valence-electron chi connectivity index (χ1n) is 8.43. The minimum Gasteiger partial charge on any atom is -0.352 e. The van der Waals surface area contributed by atoms with Crippen molar-refractivity contribution >= 4 is 17.9 Å². The molecule has 0 aliphatic heterocycles. The summed E-state index contributed by atoms with van der Waals surface area (Å²) in [4.78, 5) is 38.2. The number of aromatic nitrogens is 1. The topological polar surface area (TPSA) is 91.1 Å². The van der Waals surface area contributed by atoms with Crippen LogP contribution in [-0.2, 0) is 16.1 Å². The molecule has 0 radical (unpaired) electrons. The highest BCUT2D eigenvalue weighted by molar-refractivity contribution is 5.92. The SMILES string of the molecule is Cc1cc(C)c(CNC(=O)CCNC(=O)C=Cc2ccccc2)c(=O)[nH]1. The van der Waals surface area contributed by atoms with E-state index in [-0.39, 0.29) is 36.9 Å². The van der Waals surface area contributed by atoms with Crippen molar-refractivity contribution in [3.63, 3.8) is 0 Å². The first-order chi connectivity index (χ1) is 12.5. The smallest absolute Gasteiger partial charge is 0.253 e. The molecule has 0 unspecified atom stereocenters. The minimum absolute atomic E-state index is 0.147. The summed E-state index contributed by atoms with van der Waals surface area (Å²) in [6.45, 7) is 4.05. The van der Waals surface area contributed by atoms with Crippen LogP contribution in [0.3, 0.4) is 0 Å². The van der Waals surface area contributed by atoms with E-state index in [4.69, 9.17) is 0 Å². The van der Waals surface area contributed by atoms with Crippen molar-refractivity contribution in [3.8, 4) is 0 Å². The Morgan fingerprint density at radius 3 is 2.54 bits per heavy atom. The normalized spacial score (nSPS) is 10.7. The summed E-state index contributed by atoms with van der Waals surface area (Å²) in [5, 5.41) is 5.36. The van der Waals surface area contributed by atoms with Gasteiger partial charge in [-0.1, -0.05) is 30.3 Å². The molecule has 3 N–H and O–H groups in total. The number of hydrogen-bond acceptors (Lipinski definition) is 3. The fourth-order valence-electron chi connectivity index (χ4n) is 2.47. The molecule has 26 heavy (non-hydrogen) atoms. The summed E-state index contributed by atoms with van der Waals surface area (Å²) in [7, 11) is 0. The number of H-pyrrole nitrogens is 1. The molecule has 1 aromatic heterocycles. The van der Waals surface area contributed by atoms with E-state index in [1.165, 1.54) is 6.08 Å². The fraction of sp³-hybridized carbons (Fsp3) is 0.250. The number of benzene rings is 1.